The van der Waals surface area contributed by atoms with Crippen LogP contribution in [0.5, 0.6) is 0 Å². The van der Waals surface area contributed by atoms with E-state index in [0.29, 0.717) is 0 Å². The van der Waals surface area contributed by atoms with Crippen LogP contribution >= 0.6 is 46.4 Å². The maximum absolute atomic E-state index is 14.8. The number of benzene rings is 3. The maximum Gasteiger partial charge on any atom is 0.303 e. The normalized spacial score (nSPS) is 27.2. The van der Waals surface area contributed by atoms with Gasteiger partial charge in [0.05, 0.1) is 57.1 Å². The number of carbonyl (C=O) groups excluding carboxylic acids is 4. The molecular weight excluding hydrogens is 944 g/mol. The van der Waals surface area contributed by atoms with Gasteiger partial charge in [-0.25, -0.2) is 0 Å². The highest BCUT2D eigenvalue weighted by Crippen LogP contribution is 2.49. The summed E-state index contributed by atoms with van der Waals surface area (Å²) in [5.74, 6) is -3.19. The predicted octanol–water partition coefficient (Wildman–Crippen LogP) is 8.80. The Balaban J connectivity index is 1.51. The van der Waals surface area contributed by atoms with Gasteiger partial charge < -0.3 is 42.7 Å². The van der Waals surface area contributed by atoms with Crippen molar-refractivity contribution in [1.82, 2.24) is 4.90 Å². The van der Waals surface area contributed by atoms with Crippen LogP contribution in [0.4, 0.5) is 0 Å². The van der Waals surface area contributed by atoms with Crippen molar-refractivity contribution in [3.63, 3.8) is 0 Å². The van der Waals surface area contributed by atoms with Crippen LogP contribution < -0.4 is 0 Å². The molecule has 14 nitrogen and oxygen atoms in total. The first-order valence-electron chi connectivity index (χ1n) is 21.2. The molecule has 0 saturated carbocycles. The number of imide groups is 1. The predicted molar refractivity (Wildman–Crippen MR) is 244 cm³/mol. The minimum atomic E-state index is -2.99. The summed E-state index contributed by atoms with van der Waals surface area (Å²) in [5, 5.41) is 11.1. The maximum atomic E-state index is 14.8. The van der Waals surface area contributed by atoms with Crippen molar-refractivity contribution < 1.29 is 61.9 Å². The molecular formula is C46H55Cl4NO13Si. The highest BCUT2D eigenvalue weighted by molar-refractivity contribution is 6.74. The van der Waals surface area contributed by atoms with Gasteiger partial charge in [-0.2, -0.15) is 0 Å². The van der Waals surface area contributed by atoms with E-state index in [9.17, 15) is 24.3 Å². The molecule has 0 aliphatic carbocycles. The van der Waals surface area contributed by atoms with Gasteiger partial charge in [-0.3, -0.25) is 24.1 Å². The highest BCUT2D eigenvalue weighted by atomic mass is 35.5. The number of fused-ring (bicyclic) bond motifs is 1. The van der Waals surface area contributed by atoms with Crippen molar-refractivity contribution in [3.8, 4) is 0 Å². The summed E-state index contributed by atoms with van der Waals surface area (Å²) in [6, 6.07) is 16.8. The molecule has 65 heavy (non-hydrogen) atoms. The molecule has 6 rings (SSSR count). The van der Waals surface area contributed by atoms with Gasteiger partial charge >= 0.3 is 11.9 Å². The fraction of sp³-hybridized carbons (Fsp3) is 0.522. The zero-order valence-electron chi connectivity index (χ0n) is 37.6. The monoisotopic (exact) mass is 997 g/mol. The van der Waals surface area contributed by atoms with E-state index in [-0.39, 0.29) is 57.0 Å². The topological polar surface area (TPSA) is 166 Å². The average Bonchev–Trinajstić information content (AvgIpc) is 3.50. The molecule has 0 bridgehead atoms. The quantitative estimate of drug-likeness (QED) is 0.0476. The molecule has 1 N–H and O–H groups in total. The Hall–Kier alpha value is -3.16. The van der Waals surface area contributed by atoms with Gasteiger partial charge in [-0.15, -0.1) is 0 Å². The lowest BCUT2D eigenvalue weighted by Gasteiger charge is -2.52. The van der Waals surface area contributed by atoms with Gasteiger partial charge in [-0.05, 0) is 42.1 Å². The van der Waals surface area contributed by atoms with Crippen molar-refractivity contribution in [2.45, 2.75) is 141 Å². The van der Waals surface area contributed by atoms with Crippen LogP contribution in [0, 0.1) is 5.92 Å². The van der Waals surface area contributed by atoms with Gasteiger partial charge in [0.2, 0.25) is 0 Å². The van der Waals surface area contributed by atoms with E-state index in [1.54, 1.807) is 6.92 Å². The van der Waals surface area contributed by atoms with E-state index >= 15 is 0 Å². The van der Waals surface area contributed by atoms with Gasteiger partial charge in [0, 0.05) is 13.8 Å². The third-order valence-electron chi connectivity index (χ3n) is 12.8. The zero-order valence-corrected chi connectivity index (χ0v) is 41.6. The van der Waals surface area contributed by atoms with Crippen LogP contribution in [0.25, 0.3) is 0 Å². The van der Waals surface area contributed by atoms with Crippen molar-refractivity contribution in [3.05, 3.63) is 103 Å². The molecule has 3 aliphatic rings. The second kappa shape index (κ2) is 21.0. The third kappa shape index (κ3) is 10.8. The average molecular weight is 1000 g/mol. The number of carbonyl (C=O) groups is 4. The molecule has 19 heteroatoms. The number of hydrogen-bond acceptors (Lipinski definition) is 13. The third-order valence-corrected chi connectivity index (χ3v) is 19.1. The van der Waals surface area contributed by atoms with Gasteiger partial charge in [0.1, 0.15) is 30.5 Å². The van der Waals surface area contributed by atoms with E-state index < -0.39 is 98.5 Å². The van der Waals surface area contributed by atoms with Crippen LogP contribution in [0.1, 0.15) is 80.3 Å². The van der Waals surface area contributed by atoms with Crippen LogP contribution in [0.15, 0.2) is 60.7 Å². The molecule has 0 aromatic heterocycles. The van der Waals surface area contributed by atoms with E-state index in [2.05, 4.69) is 27.7 Å². The van der Waals surface area contributed by atoms with E-state index in [4.69, 9.17) is 84.0 Å². The summed E-state index contributed by atoms with van der Waals surface area (Å²) in [7, 11) is -2.99. The highest BCUT2D eigenvalue weighted by Gasteiger charge is 2.60. The lowest BCUT2D eigenvalue weighted by molar-refractivity contribution is -0.347. The molecule has 2 amide bonds. The van der Waals surface area contributed by atoms with E-state index in [0.717, 1.165) is 16.0 Å². The van der Waals surface area contributed by atoms with Crippen LogP contribution in [-0.4, -0.2) is 110 Å². The molecule has 2 saturated heterocycles. The summed E-state index contributed by atoms with van der Waals surface area (Å²) in [4.78, 5) is 55.8. The number of esters is 2. The number of halogens is 4. The summed E-state index contributed by atoms with van der Waals surface area (Å²) < 4.78 is 51.2. The van der Waals surface area contributed by atoms with Crippen molar-refractivity contribution in [1.29, 1.82) is 0 Å². The smallest absolute Gasteiger partial charge is 0.303 e. The Labute approximate surface area is 400 Å². The van der Waals surface area contributed by atoms with Crippen molar-refractivity contribution in [2.75, 3.05) is 6.61 Å². The summed E-state index contributed by atoms with van der Waals surface area (Å²) in [5.41, 5.74) is 0.936. The first kappa shape index (κ1) is 51.2. The lowest BCUT2D eigenvalue weighted by atomic mass is 9.94. The van der Waals surface area contributed by atoms with Crippen LogP contribution in [0.3, 0.4) is 0 Å². The lowest BCUT2D eigenvalue weighted by Crippen LogP contribution is -2.70. The first-order chi connectivity index (χ1) is 30.6. The van der Waals surface area contributed by atoms with E-state index in [1.807, 2.05) is 73.8 Å². The standard InChI is InChI=1S/C46H55Cl4NO13Si/c1-23(2)46(6,7)65(8,9)64-44-36(51-42(55)30-31(43(51)56)33(48)35(50)34(49)32(30)47)39(37(54)29(62-44)22-57-20-27-16-12-10-13-17-27)63-45-41(58-21-28-18-14-11-15-19-28)40(61-26(5)53)38(24(3)59-45)60-25(4)52/h10-19,23-24,29,36-41,44-45,54H,20-22H2,1-9H3/t24-,29+,36+,37+,38+,39+,40+,41-,44-,45-/m0/s1. The summed E-state index contributed by atoms with van der Waals surface area (Å²) in [6.07, 6.45) is -12.4. The molecule has 2 fully saturated rings. The van der Waals surface area contributed by atoms with Gasteiger partial charge in [0.15, 0.2) is 33.1 Å². The largest absolute Gasteiger partial charge is 0.456 e. The molecule has 0 unspecified atom stereocenters. The second-order valence-electron chi connectivity index (χ2n) is 17.7. The Morgan fingerprint density at radius 2 is 1.26 bits per heavy atom. The van der Waals surface area contributed by atoms with Crippen molar-refractivity contribution in [2.24, 2.45) is 5.92 Å². The zero-order chi connectivity index (χ0) is 47.7. The van der Waals surface area contributed by atoms with Crippen LogP contribution in [-0.2, 0) is 60.4 Å². The second-order valence-corrected chi connectivity index (χ2v) is 23.8. The molecule has 3 aromatic rings. The Kier molecular flexibility index (Phi) is 16.6. The summed E-state index contributed by atoms with van der Waals surface area (Å²) in [6.45, 7) is 16.1. The molecule has 3 aliphatic heterocycles. The number of hydrogen-bond donors (Lipinski definition) is 1. The molecule has 3 heterocycles. The number of ether oxygens (including phenoxy) is 7. The molecule has 10 atom stereocenters. The van der Waals surface area contributed by atoms with Gasteiger partial charge in [-0.1, -0.05) is 135 Å². The minimum absolute atomic E-state index is 0.0594. The van der Waals surface area contributed by atoms with Crippen molar-refractivity contribution >= 4 is 78.5 Å². The minimum Gasteiger partial charge on any atom is -0.456 e. The fourth-order valence-electron chi connectivity index (χ4n) is 8.07. The van der Waals surface area contributed by atoms with Gasteiger partial charge in [0.25, 0.3) is 11.8 Å². The Bertz CT molecular complexity index is 2170. The Morgan fingerprint density at radius 1 is 0.754 bits per heavy atom. The van der Waals surface area contributed by atoms with Crippen LogP contribution in [0.2, 0.25) is 38.2 Å². The number of nitrogens with zero attached hydrogens (tertiary/aromatic N) is 1. The molecule has 0 radical (unpaired) electrons. The number of aliphatic hydroxyl groups is 1. The molecule has 354 valence electrons. The molecule has 0 spiro atoms. The van der Waals surface area contributed by atoms with E-state index in [1.165, 1.54) is 13.8 Å². The number of rotatable bonds is 16. The Morgan fingerprint density at radius 3 is 1.77 bits per heavy atom. The fourth-order valence-corrected chi connectivity index (χ4v) is 11.6. The first-order valence-corrected chi connectivity index (χ1v) is 25.7. The summed E-state index contributed by atoms with van der Waals surface area (Å²) >= 11 is 26.2. The SMILES string of the molecule is CC(=O)O[C@H]1[C@H](OCc2ccccc2)[C@H](O[C@H]2[C@H](O)[C@@H](COCc3ccccc3)O[C@@H](O[Si](C)(C)C(C)(C)C(C)C)[C@@H]2N2C(=O)c3c(Cl)c(Cl)c(Cl)c(Cl)c3C2=O)O[C@@H](C)[C@H]1OC(C)=O. The number of amides is 2. The molecule has 3 aromatic carbocycles. The number of aliphatic hydroxyl groups excluding tert-OH is 1.